The molecule has 2 aliphatic rings. The van der Waals surface area contributed by atoms with Crippen LogP contribution in [-0.2, 0) is 16.6 Å². The highest BCUT2D eigenvalue weighted by molar-refractivity contribution is 7.89. The van der Waals surface area contributed by atoms with Crippen LogP contribution in [0.2, 0.25) is 0 Å². The summed E-state index contributed by atoms with van der Waals surface area (Å²) in [6.45, 7) is 3.54. The van der Waals surface area contributed by atoms with Crippen molar-refractivity contribution < 1.29 is 22.7 Å². The van der Waals surface area contributed by atoms with Gasteiger partial charge in [0.25, 0.3) is 5.91 Å². The molecule has 0 aromatic heterocycles. The van der Waals surface area contributed by atoms with Crippen LogP contribution in [0, 0.1) is 6.92 Å². The third kappa shape index (κ3) is 3.70. The van der Waals surface area contributed by atoms with Crippen LogP contribution < -0.4 is 14.2 Å². The van der Waals surface area contributed by atoms with Crippen molar-refractivity contribution in [2.75, 3.05) is 19.9 Å². The van der Waals surface area contributed by atoms with Crippen LogP contribution in [0.1, 0.15) is 34.3 Å². The molecule has 1 fully saturated rings. The fourth-order valence-electron chi connectivity index (χ4n) is 3.40. The highest BCUT2D eigenvalue weighted by Crippen LogP contribution is 2.32. The van der Waals surface area contributed by atoms with E-state index in [4.69, 9.17) is 9.47 Å². The van der Waals surface area contributed by atoms with Crippen molar-refractivity contribution in [1.29, 1.82) is 0 Å². The number of hydrogen-bond donors (Lipinski definition) is 1. The number of rotatable bonds is 5. The first-order valence-corrected chi connectivity index (χ1v) is 10.7. The van der Waals surface area contributed by atoms with Gasteiger partial charge in [0.05, 0.1) is 4.90 Å². The number of carbonyl (C=O) groups is 1. The zero-order chi connectivity index (χ0) is 19.7. The number of benzene rings is 2. The summed E-state index contributed by atoms with van der Waals surface area (Å²) in [5, 5.41) is 0. The third-order valence-corrected chi connectivity index (χ3v) is 6.45. The monoisotopic (exact) mass is 402 g/mol. The maximum Gasteiger partial charge on any atom is 0.254 e. The molecule has 28 heavy (non-hydrogen) atoms. The van der Waals surface area contributed by atoms with E-state index in [0.29, 0.717) is 17.1 Å². The molecule has 7 nitrogen and oxygen atoms in total. The molecular weight excluding hydrogens is 380 g/mol. The molecule has 0 radical (unpaired) electrons. The fraction of sp³-hybridized carbons (Fsp3) is 0.350. The number of carbonyl (C=O) groups excluding carboxylic acids is 1. The fourth-order valence-corrected chi connectivity index (χ4v) is 4.45. The van der Waals surface area contributed by atoms with Crippen molar-refractivity contribution in [3.63, 3.8) is 0 Å². The molecular formula is C20H22N2O5S. The van der Waals surface area contributed by atoms with Gasteiger partial charge in [0.2, 0.25) is 16.8 Å². The Morgan fingerprint density at radius 1 is 1.07 bits per heavy atom. The zero-order valence-corrected chi connectivity index (χ0v) is 16.4. The van der Waals surface area contributed by atoms with Crippen molar-refractivity contribution in [3.05, 3.63) is 53.1 Å². The normalized spacial score (nSPS) is 15.8. The number of aryl methyl sites for hydroxylation is 1. The summed E-state index contributed by atoms with van der Waals surface area (Å²) in [6, 6.07) is 9.97. The van der Waals surface area contributed by atoms with Crippen molar-refractivity contribution >= 4 is 15.9 Å². The molecule has 4 rings (SSSR count). The van der Waals surface area contributed by atoms with E-state index in [9.17, 15) is 13.2 Å². The van der Waals surface area contributed by atoms with Gasteiger partial charge in [0.1, 0.15) is 0 Å². The number of ether oxygens (including phenoxy) is 2. The molecule has 148 valence electrons. The molecule has 0 saturated carbocycles. The quantitative estimate of drug-likeness (QED) is 0.830. The molecule has 8 heteroatoms. The molecule has 1 saturated heterocycles. The van der Waals surface area contributed by atoms with Gasteiger partial charge in [0.15, 0.2) is 11.5 Å². The minimum atomic E-state index is -3.76. The Balaban J connectivity index is 1.52. The van der Waals surface area contributed by atoms with E-state index in [1.165, 1.54) is 12.1 Å². The van der Waals surface area contributed by atoms with Crippen LogP contribution in [0.4, 0.5) is 0 Å². The molecule has 1 N–H and O–H groups in total. The minimum Gasteiger partial charge on any atom is -0.454 e. The van der Waals surface area contributed by atoms with Gasteiger partial charge in [-0.15, -0.1) is 0 Å². The summed E-state index contributed by atoms with van der Waals surface area (Å²) >= 11 is 0. The smallest absolute Gasteiger partial charge is 0.254 e. The first-order valence-electron chi connectivity index (χ1n) is 9.22. The Hall–Kier alpha value is -2.58. The number of likely N-dealkylation sites (tertiary alicyclic amines) is 1. The Kier molecular flexibility index (Phi) is 4.99. The summed E-state index contributed by atoms with van der Waals surface area (Å²) < 4.78 is 38.7. The number of fused-ring (bicyclic) bond motifs is 1. The van der Waals surface area contributed by atoms with E-state index in [-0.39, 0.29) is 24.1 Å². The molecule has 1 amide bonds. The third-order valence-electron chi connectivity index (χ3n) is 5.05. The number of sulfonamides is 1. The van der Waals surface area contributed by atoms with E-state index < -0.39 is 10.0 Å². The summed E-state index contributed by atoms with van der Waals surface area (Å²) in [4.78, 5) is 14.6. The largest absolute Gasteiger partial charge is 0.454 e. The second kappa shape index (κ2) is 7.44. The number of amides is 1. The van der Waals surface area contributed by atoms with Crippen molar-refractivity contribution in [2.45, 2.75) is 31.2 Å². The highest BCUT2D eigenvalue weighted by atomic mass is 32.2. The average Bonchev–Trinajstić information content (AvgIpc) is 3.37. The number of nitrogens with one attached hydrogen (secondary N) is 1. The highest BCUT2D eigenvalue weighted by Gasteiger charge is 2.23. The molecule has 2 aromatic rings. The summed E-state index contributed by atoms with van der Waals surface area (Å²) in [5.41, 5.74) is 1.97. The van der Waals surface area contributed by atoms with Gasteiger partial charge in [-0.3, -0.25) is 4.79 Å². The Bertz CT molecular complexity index is 1010. The van der Waals surface area contributed by atoms with E-state index in [2.05, 4.69) is 4.72 Å². The first-order chi connectivity index (χ1) is 13.4. The predicted molar refractivity (Wildman–Crippen MR) is 103 cm³/mol. The number of nitrogens with zero attached hydrogens (tertiary/aromatic N) is 1. The predicted octanol–water partition coefficient (Wildman–Crippen LogP) is 2.44. The SMILES string of the molecule is Cc1ccc(S(=O)(=O)NCc2ccc3c(c2)OCO3)cc1C(=O)N1CCCC1. The summed E-state index contributed by atoms with van der Waals surface area (Å²) in [5.74, 6) is 1.14. The Labute approximate surface area is 164 Å². The van der Waals surface area contributed by atoms with Gasteiger partial charge in [-0.1, -0.05) is 12.1 Å². The molecule has 2 heterocycles. The zero-order valence-electron chi connectivity index (χ0n) is 15.6. The van der Waals surface area contributed by atoms with Gasteiger partial charge in [0, 0.05) is 25.2 Å². The second-order valence-corrected chi connectivity index (χ2v) is 8.76. The molecule has 0 bridgehead atoms. The van der Waals surface area contributed by atoms with Crippen LogP contribution in [0.3, 0.4) is 0 Å². The second-order valence-electron chi connectivity index (χ2n) is 6.99. The lowest BCUT2D eigenvalue weighted by molar-refractivity contribution is 0.0792. The van der Waals surface area contributed by atoms with Crippen LogP contribution in [0.5, 0.6) is 11.5 Å². The van der Waals surface area contributed by atoms with Crippen LogP contribution in [0.15, 0.2) is 41.3 Å². The lowest BCUT2D eigenvalue weighted by atomic mass is 10.1. The average molecular weight is 402 g/mol. The Morgan fingerprint density at radius 2 is 1.82 bits per heavy atom. The molecule has 2 aliphatic heterocycles. The lowest BCUT2D eigenvalue weighted by Gasteiger charge is -2.17. The number of hydrogen-bond acceptors (Lipinski definition) is 5. The Morgan fingerprint density at radius 3 is 2.61 bits per heavy atom. The van der Waals surface area contributed by atoms with Crippen LogP contribution in [-0.4, -0.2) is 39.1 Å². The maximum absolute atomic E-state index is 12.8. The van der Waals surface area contributed by atoms with Crippen molar-refractivity contribution in [2.24, 2.45) is 0 Å². The van der Waals surface area contributed by atoms with E-state index in [1.54, 1.807) is 29.2 Å². The summed E-state index contributed by atoms with van der Waals surface area (Å²) in [7, 11) is -3.76. The maximum atomic E-state index is 12.8. The molecule has 2 aromatic carbocycles. The molecule has 0 atom stereocenters. The van der Waals surface area contributed by atoms with Crippen molar-refractivity contribution in [1.82, 2.24) is 9.62 Å². The molecule has 0 unspecified atom stereocenters. The van der Waals surface area contributed by atoms with E-state index in [1.807, 2.05) is 6.92 Å². The standard InChI is InChI=1S/C20H22N2O5S/c1-14-4-6-16(11-17(14)20(23)22-8-2-3-9-22)28(24,25)21-12-15-5-7-18-19(10-15)27-13-26-18/h4-7,10-11,21H,2-3,8-9,12-13H2,1H3. The molecule has 0 spiro atoms. The molecule has 0 aliphatic carbocycles. The van der Waals surface area contributed by atoms with E-state index >= 15 is 0 Å². The van der Waals surface area contributed by atoms with Crippen LogP contribution in [0.25, 0.3) is 0 Å². The lowest BCUT2D eigenvalue weighted by Crippen LogP contribution is -2.29. The summed E-state index contributed by atoms with van der Waals surface area (Å²) in [6.07, 6.45) is 1.97. The minimum absolute atomic E-state index is 0.0846. The van der Waals surface area contributed by atoms with Gasteiger partial charge in [-0.05, 0) is 55.2 Å². The first kappa shape index (κ1) is 18.8. The van der Waals surface area contributed by atoms with Gasteiger partial charge in [-0.25, -0.2) is 13.1 Å². The van der Waals surface area contributed by atoms with Crippen molar-refractivity contribution in [3.8, 4) is 11.5 Å². The van der Waals surface area contributed by atoms with Gasteiger partial charge in [-0.2, -0.15) is 0 Å². The van der Waals surface area contributed by atoms with Crippen LogP contribution >= 0.6 is 0 Å². The topological polar surface area (TPSA) is 84.9 Å². The van der Waals surface area contributed by atoms with E-state index in [0.717, 1.165) is 37.1 Å². The van der Waals surface area contributed by atoms with Gasteiger partial charge < -0.3 is 14.4 Å². The van der Waals surface area contributed by atoms with Gasteiger partial charge >= 0.3 is 0 Å².